The number of phenols is 1. The lowest BCUT2D eigenvalue weighted by atomic mass is 9.79. The first-order valence-electron chi connectivity index (χ1n) is 10.3. The van der Waals surface area contributed by atoms with Crippen molar-refractivity contribution in [2.45, 2.75) is 66.2 Å². The van der Waals surface area contributed by atoms with Gasteiger partial charge in [0.05, 0.1) is 6.54 Å². The summed E-state index contributed by atoms with van der Waals surface area (Å²) < 4.78 is 0. The lowest BCUT2D eigenvalue weighted by molar-refractivity contribution is 0.303. The molecule has 0 aliphatic carbocycles. The molecule has 0 saturated carbocycles. The summed E-state index contributed by atoms with van der Waals surface area (Å²) in [5, 5.41) is 14.2. The zero-order chi connectivity index (χ0) is 20.7. The topological polar surface area (TPSA) is 47.9 Å². The zero-order valence-electron chi connectivity index (χ0n) is 18.8. The van der Waals surface area contributed by atoms with E-state index in [2.05, 4.69) is 82.7 Å². The molecule has 2 N–H and O–H groups in total. The Kier molecular flexibility index (Phi) is 8.97. The number of phenolic OH excluding ortho intramolecular Hbond substituents is 1. The number of benzene rings is 1. The molecule has 154 valence electrons. The third-order valence-electron chi connectivity index (χ3n) is 4.96. The quantitative estimate of drug-likeness (QED) is 0.499. The predicted molar refractivity (Wildman–Crippen MR) is 119 cm³/mol. The third-order valence-corrected chi connectivity index (χ3v) is 4.96. The number of nitrogens with one attached hydrogen (secondary N) is 1. The Balaban J connectivity index is 2.77. The molecule has 0 aliphatic heterocycles. The lowest BCUT2D eigenvalue weighted by Crippen LogP contribution is -2.32. The summed E-state index contributed by atoms with van der Waals surface area (Å²) in [6.45, 7) is 23.2. The number of aliphatic imine (C=N–C) groups is 1. The summed E-state index contributed by atoms with van der Waals surface area (Å²) in [6.07, 6.45) is 1.83. The summed E-state index contributed by atoms with van der Waals surface area (Å²) in [7, 11) is 0. The molecule has 0 saturated heterocycles. The highest BCUT2D eigenvalue weighted by atomic mass is 16.3. The highest BCUT2D eigenvalue weighted by Gasteiger charge is 2.24. The van der Waals surface area contributed by atoms with Crippen LogP contribution in [0.4, 0.5) is 0 Å². The molecule has 0 atom stereocenters. The summed E-state index contributed by atoms with van der Waals surface area (Å²) in [5.41, 5.74) is 2.94. The minimum absolute atomic E-state index is 0.0300. The van der Waals surface area contributed by atoms with Crippen LogP contribution >= 0.6 is 0 Å². The normalized spacial score (nSPS) is 13.1. The van der Waals surface area contributed by atoms with Crippen molar-refractivity contribution in [2.75, 3.05) is 39.3 Å². The van der Waals surface area contributed by atoms with E-state index in [0.717, 1.165) is 43.9 Å². The molecule has 0 bridgehead atoms. The van der Waals surface area contributed by atoms with E-state index in [1.165, 1.54) is 5.56 Å². The Labute approximate surface area is 167 Å². The largest absolute Gasteiger partial charge is 0.507 e. The van der Waals surface area contributed by atoms with Gasteiger partial charge in [-0.05, 0) is 35.5 Å². The van der Waals surface area contributed by atoms with Crippen LogP contribution in [0.2, 0.25) is 0 Å². The standard InChI is InChI=1S/C23H41N3O/c1-9-26(10-2)14-13-24-11-12-25-17-18-15-19(22(3,4)5)16-20(21(18)27)23(6,7)8/h15-17,24,27H,9-14H2,1-8H3/b25-17+. The number of rotatable bonds is 9. The van der Waals surface area contributed by atoms with E-state index >= 15 is 0 Å². The number of nitrogens with zero attached hydrogens (tertiary/aromatic N) is 2. The fourth-order valence-corrected chi connectivity index (χ4v) is 2.97. The van der Waals surface area contributed by atoms with Crippen LogP contribution in [0.15, 0.2) is 17.1 Å². The second kappa shape index (κ2) is 10.2. The van der Waals surface area contributed by atoms with Gasteiger partial charge in [0.15, 0.2) is 0 Å². The molecule has 1 aromatic rings. The van der Waals surface area contributed by atoms with Gasteiger partial charge in [0.25, 0.3) is 0 Å². The highest BCUT2D eigenvalue weighted by Crippen LogP contribution is 2.37. The molecule has 0 fully saturated rings. The maximum absolute atomic E-state index is 10.8. The van der Waals surface area contributed by atoms with Crippen LogP contribution in [0, 0.1) is 0 Å². The first-order valence-corrected chi connectivity index (χ1v) is 10.3. The van der Waals surface area contributed by atoms with Crippen molar-refractivity contribution >= 4 is 6.21 Å². The average molecular weight is 376 g/mol. The first kappa shape index (κ1) is 23.6. The smallest absolute Gasteiger partial charge is 0.128 e. The number of aromatic hydroxyl groups is 1. The second-order valence-electron chi connectivity index (χ2n) is 9.27. The van der Waals surface area contributed by atoms with Crippen molar-refractivity contribution < 1.29 is 5.11 Å². The van der Waals surface area contributed by atoms with Gasteiger partial charge in [0, 0.05) is 37.0 Å². The minimum Gasteiger partial charge on any atom is -0.507 e. The minimum atomic E-state index is -0.111. The second-order valence-corrected chi connectivity index (χ2v) is 9.27. The molecule has 4 heteroatoms. The molecule has 1 rings (SSSR count). The summed E-state index contributed by atoms with van der Waals surface area (Å²) in [4.78, 5) is 6.95. The van der Waals surface area contributed by atoms with Gasteiger partial charge in [0.2, 0.25) is 0 Å². The van der Waals surface area contributed by atoms with Gasteiger partial charge < -0.3 is 15.3 Å². The lowest BCUT2D eigenvalue weighted by Gasteiger charge is -2.27. The Morgan fingerprint density at radius 2 is 1.63 bits per heavy atom. The molecular weight excluding hydrogens is 334 g/mol. The number of likely N-dealkylation sites (N-methyl/N-ethyl adjacent to an activating group) is 1. The van der Waals surface area contributed by atoms with E-state index in [1.54, 1.807) is 0 Å². The van der Waals surface area contributed by atoms with E-state index in [1.807, 2.05) is 6.21 Å². The molecular formula is C23H41N3O. The molecule has 0 radical (unpaired) electrons. The van der Waals surface area contributed by atoms with E-state index in [4.69, 9.17) is 0 Å². The summed E-state index contributed by atoms with van der Waals surface area (Å²) >= 11 is 0. The molecule has 4 nitrogen and oxygen atoms in total. The Morgan fingerprint density at radius 3 is 2.15 bits per heavy atom. The third kappa shape index (κ3) is 7.63. The van der Waals surface area contributed by atoms with E-state index < -0.39 is 0 Å². The van der Waals surface area contributed by atoms with Crippen molar-refractivity contribution in [1.82, 2.24) is 10.2 Å². The number of hydrogen-bond acceptors (Lipinski definition) is 4. The molecule has 0 unspecified atom stereocenters. The van der Waals surface area contributed by atoms with Gasteiger partial charge in [-0.25, -0.2) is 0 Å². The van der Waals surface area contributed by atoms with Crippen molar-refractivity contribution in [3.05, 3.63) is 28.8 Å². The molecule has 27 heavy (non-hydrogen) atoms. The van der Waals surface area contributed by atoms with Crippen LogP contribution in [-0.4, -0.2) is 55.5 Å². The molecule has 0 spiro atoms. The van der Waals surface area contributed by atoms with Gasteiger partial charge in [-0.3, -0.25) is 4.99 Å². The molecule has 0 heterocycles. The van der Waals surface area contributed by atoms with Gasteiger partial charge in [-0.2, -0.15) is 0 Å². The first-order chi connectivity index (χ1) is 12.5. The Morgan fingerprint density at radius 1 is 1.00 bits per heavy atom. The van der Waals surface area contributed by atoms with Gasteiger partial charge in [-0.1, -0.05) is 61.5 Å². The molecule has 0 amide bonds. The van der Waals surface area contributed by atoms with Gasteiger partial charge >= 0.3 is 0 Å². The van der Waals surface area contributed by atoms with E-state index in [-0.39, 0.29) is 10.8 Å². The summed E-state index contributed by atoms with van der Waals surface area (Å²) in [6, 6.07) is 4.21. The van der Waals surface area contributed by atoms with Crippen molar-refractivity contribution in [3.8, 4) is 5.75 Å². The maximum atomic E-state index is 10.8. The van der Waals surface area contributed by atoms with Gasteiger partial charge in [-0.15, -0.1) is 0 Å². The van der Waals surface area contributed by atoms with Gasteiger partial charge in [0.1, 0.15) is 5.75 Å². The Hall–Kier alpha value is -1.39. The zero-order valence-corrected chi connectivity index (χ0v) is 18.8. The highest BCUT2D eigenvalue weighted by molar-refractivity contribution is 5.85. The fraction of sp³-hybridized carbons (Fsp3) is 0.696. The number of hydrogen-bond donors (Lipinski definition) is 2. The van der Waals surface area contributed by atoms with Crippen LogP contribution in [0.1, 0.15) is 72.1 Å². The van der Waals surface area contributed by atoms with Crippen molar-refractivity contribution in [2.24, 2.45) is 4.99 Å². The van der Waals surface area contributed by atoms with Crippen LogP contribution in [0.25, 0.3) is 0 Å². The maximum Gasteiger partial charge on any atom is 0.128 e. The van der Waals surface area contributed by atoms with Crippen molar-refractivity contribution in [1.29, 1.82) is 0 Å². The molecule has 0 aromatic heterocycles. The average Bonchev–Trinajstić information content (AvgIpc) is 2.56. The van der Waals surface area contributed by atoms with E-state index in [0.29, 0.717) is 12.3 Å². The van der Waals surface area contributed by atoms with Crippen LogP contribution in [0.5, 0.6) is 5.75 Å². The monoisotopic (exact) mass is 375 g/mol. The fourth-order valence-electron chi connectivity index (χ4n) is 2.97. The molecule has 1 aromatic carbocycles. The SMILES string of the molecule is CCN(CC)CCNCC/N=C/c1cc(C(C)(C)C)cc(C(C)(C)C)c1O. The molecule has 0 aliphatic rings. The van der Waals surface area contributed by atoms with Crippen molar-refractivity contribution in [3.63, 3.8) is 0 Å². The van der Waals surface area contributed by atoms with Crippen LogP contribution in [0.3, 0.4) is 0 Å². The Bertz CT molecular complexity index is 605. The van der Waals surface area contributed by atoms with E-state index in [9.17, 15) is 5.11 Å². The van der Waals surface area contributed by atoms with Crippen LogP contribution in [-0.2, 0) is 10.8 Å². The summed E-state index contributed by atoms with van der Waals surface area (Å²) in [5.74, 6) is 0.355. The van der Waals surface area contributed by atoms with Crippen LogP contribution < -0.4 is 5.32 Å². The predicted octanol–water partition coefficient (Wildman–Crippen LogP) is 4.34.